The number of aliphatic hydroxyl groups excluding tert-OH is 1. The molecule has 1 saturated heterocycles. The molecule has 3 rings (SSSR count). The van der Waals surface area contributed by atoms with Crippen molar-refractivity contribution in [3.63, 3.8) is 0 Å². The minimum atomic E-state index is -0.972. The largest absolute Gasteiger partial charge is 0.390 e. The summed E-state index contributed by atoms with van der Waals surface area (Å²) < 4.78 is 33.0. The summed E-state index contributed by atoms with van der Waals surface area (Å²) >= 11 is 0. The van der Waals surface area contributed by atoms with E-state index in [1.54, 1.807) is 0 Å². The zero-order valence-electron chi connectivity index (χ0n) is 20.5. The molecule has 1 heterocycles. The molecule has 5 nitrogen and oxygen atoms in total. The van der Waals surface area contributed by atoms with Crippen molar-refractivity contribution < 1.29 is 23.4 Å². The van der Waals surface area contributed by atoms with E-state index in [0.717, 1.165) is 24.5 Å². The second-order valence-corrected chi connectivity index (χ2v) is 10.3. The maximum Gasteiger partial charge on any atom is 0.217 e. The molecule has 1 aliphatic heterocycles. The Labute approximate surface area is 200 Å². The normalized spacial score (nSPS) is 17.7. The summed E-state index contributed by atoms with van der Waals surface area (Å²) in [5.74, 6) is -1.70. The van der Waals surface area contributed by atoms with Gasteiger partial charge in [0.15, 0.2) is 0 Å². The van der Waals surface area contributed by atoms with Crippen LogP contribution in [0, 0.1) is 11.6 Å². The number of carbonyl (C=O) groups excluding carboxylic acids is 1. The maximum absolute atomic E-state index is 13.7. The first-order valence-electron chi connectivity index (χ1n) is 11.8. The molecule has 0 aromatic heterocycles. The molecule has 1 aliphatic rings. The number of hydrogen-bond donors (Lipinski definition) is 3. The van der Waals surface area contributed by atoms with Gasteiger partial charge in [0.25, 0.3) is 0 Å². The number of rotatable bonds is 8. The third-order valence-electron chi connectivity index (χ3n) is 6.51. The molecule has 0 bridgehead atoms. The highest BCUT2D eigenvalue weighted by Gasteiger charge is 2.36. The van der Waals surface area contributed by atoms with E-state index in [-0.39, 0.29) is 29.8 Å². The lowest BCUT2D eigenvalue weighted by atomic mass is 9.78. The topological polar surface area (TPSA) is 70.6 Å². The van der Waals surface area contributed by atoms with E-state index in [9.17, 15) is 18.7 Å². The van der Waals surface area contributed by atoms with Gasteiger partial charge in [0.2, 0.25) is 5.91 Å². The molecule has 0 spiro atoms. The summed E-state index contributed by atoms with van der Waals surface area (Å²) in [6.45, 7) is 9.27. The number of carbonyl (C=O) groups is 1. The zero-order chi connectivity index (χ0) is 24.9. The predicted molar refractivity (Wildman–Crippen MR) is 129 cm³/mol. The molecular formula is C27H36F2N2O3. The summed E-state index contributed by atoms with van der Waals surface area (Å²) in [5.41, 5.74) is 2.35. The molecular weight excluding hydrogens is 438 g/mol. The van der Waals surface area contributed by atoms with Crippen LogP contribution in [0.25, 0.3) is 0 Å². The smallest absolute Gasteiger partial charge is 0.217 e. The van der Waals surface area contributed by atoms with Gasteiger partial charge in [-0.05, 0) is 53.5 Å². The van der Waals surface area contributed by atoms with E-state index in [2.05, 4.69) is 55.7 Å². The van der Waals surface area contributed by atoms with Crippen LogP contribution in [-0.2, 0) is 26.9 Å². The minimum Gasteiger partial charge on any atom is -0.390 e. The predicted octanol–water partition coefficient (Wildman–Crippen LogP) is 3.97. The van der Waals surface area contributed by atoms with E-state index >= 15 is 0 Å². The zero-order valence-corrected chi connectivity index (χ0v) is 20.5. The van der Waals surface area contributed by atoms with Crippen molar-refractivity contribution in [3.8, 4) is 0 Å². The Morgan fingerprint density at radius 2 is 1.76 bits per heavy atom. The lowest BCUT2D eigenvalue weighted by molar-refractivity contribution is -0.120. The van der Waals surface area contributed by atoms with Crippen LogP contribution in [0.3, 0.4) is 0 Å². The van der Waals surface area contributed by atoms with Gasteiger partial charge in [-0.15, -0.1) is 0 Å². The van der Waals surface area contributed by atoms with Gasteiger partial charge in [0, 0.05) is 38.3 Å². The van der Waals surface area contributed by atoms with Crippen molar-refractivity contribution in [1.29, 1.82) is 0 Å². The van der Waals surface area contributed by atoms with Gasteiger partial charge in [-0.2, -0.15) is 0 Å². The Balaban J connectivity index is 1.80. The van der Waals surface area contributed by atoms with Crippen molar-refractivity contribution in [1.82, 2.24) is 10.6 Å². The number of ether oxygens (including phenoxy) is 1. The summed E-state index contributed by atoms with van der Waals surface area (Å²) in [4.78, 5) is 11.8. The Kier molecular flexibility index (Phi) is 8.44. The van der Waals surface area contributed by atoms with Gasteiger partial charge in [0.1, 0.15) is 11.6 Å². The van der Waals surface area contributed by atoms with E-state index < -0.39 is 23.8 Å². The van der Waals surface area contributed by atoms with Crippen LogP contribution in [0.5, 0.6) is 0 Å². The summed E-state index contributed by atoms with van der Waals surface area (Å²) in [6.07, 6.45) is 0.619. The fourth-order valence-electron chi connectivity index (χ4n) is 4.54. The van der Waals surface area contributed by atoms with Crippen LogP contribution >= 0.6 is 0 Å². The SMILES string of the molecule is CC(=O)N[C@H](Cc1cc(F)cc(F)c1)[C@H](O)CNC1(c2cccc(C(C)(C)C)c2)CCOCC1. The number of amides is 1. The highest BCUT2D eigenvalue weighted by molar-refractivity contribution is 5.73. The molecule has 0 aliphatic carbocycles. The highest BCUT2D eigenvalue weighted by Crippen LogP contribution is 2.34. The monoisotopic (exact) mass is 474 g/mol. The number of nitrogens with one attached hydrogen (secondary N) is 2. The fourth-order valence-corrected chi connectivity index (χ4v) is 4.54. The second kappa shape index (κ2) is 10.9. The highest BCUT2D eigenvalue weighted by atomic mass is 19.1. The first-order valence-corrected chi connectivity index (χ1v) is 11.8. The van der Waals surface area contributed by atoms with Crippen molar-refractivity contribution in [2.75, 3.05) is 19.8 Å². The summed E-state index contributed by atoms with van der Waals surface area (Å²) in [5, 5.41) is 17.3. The van der Waals surface area contributed by atoms with Crippen LogP contribution in [0.4, 0.5) is 8.78 Å². The number of hydrogen-bond acceptors (Lipinski definition) is 4. The number of halogens is 2. The number of benzene rings is 2. The molecule has 2 aromatic rings. The molecule has 2 aromatic carbocycles. The van der Waals surface area contributed by atoms with Crippen molar-refractivity contribution in [2.24, 2.45) is 0 Å². The molecule has 1 fully saturated rings. The van der Waals surface area contributed by atoms with Gasteiger partial charge in [-0.25, -0.2) is 8.78 Å². The standard InChI is InChI=1S/C27H36F2N2O3/c1-18(32)31-24(14-19-12-22(28)16-23(29)13-19)25(33)17-30-27(8-10-34-11-9-27)21-7-5-6-20(15-21)26(2,3)4/h5-7,12-13,15-16,24-25,30,33H,8-11,14,17H2,1-4H3,(H,31,32)/t24-,25-/m1/s1. The van der Waals surface area contributed by atoms with Crippen LogP contribution in [-0.4, -0.2) is 42.9 Å². The van der Waals surface area contributed by atoms with Crippen LogP contribution in [0.2, 0.25) is 0 Å². The summed E-state index contributed by atoms with van der Waals surface area (Å²) in [7, 11) is 0. The minimum absolute atomic E-state index is 0.00137. The van der Waals surface area contributed by atoms with E-state index in [0.29, 0.717) is 18.8 Å². The van der Waals surface area contributed by atoms with Crippen molar-refractivity contribution in [3.05, 3.63) is 70.8 Å². The van der Waals surface area contributed by atoms with E-state index in [1.165, 1.54) is 24.6 Å². The molecule has 7 heteroatoms. The second-order valence-electron chi connectivity index (χ2n) is 10.3. The van der Waals surface area contributed by atoms with Crippen LogP contribution in [0.15, 0.2) is 42.5 Å². The average Bonchev–Trinajstić information content (AvgIpc) is 2.76. The van der Waals surface area contributed by atoms with Crippen molar-refractivity contribution >= 4 is 5.91 Å². The van der Waals surface area contributed by atoms with Crippen LogP contribution in [0.1, 0.15) is 57.2 Å². The third-order valence-corrected chi connectivity index (χ3v) is 6.51. The quantitative estimate of drug-likeness (QED) is 0.542. The van der Waals surface area contributed by atoms with Gasteiger partial charge >= 0.3 is 0 Å². The Morgan fingerprint density at radius 3 is 2.35 bits per heavy atom. The van der Waals surface area contributed by atoms with Gasteiger partial charge in [0.05, 0.1) is 12.1 Å². The molecule has 0 radical (unpaired) electrons. The van der Waals surface area contributed by atoms with E-state index in [4.69, 9.17) is 4.74 Å². The van der Waals surface area contributed by atoms with Gasteiger partial charge in [-0.1, -0.05) is 45.0 Å². The van der Waals surface area contributed by atoms with E-state index in [1.807, 2.05) is 0 Å². The Morgan fingerprint density at radius 1 is 1.12 bits per heavy atom. The number of aliphatic hydroxyl groups is 1. The molecule has 1 amide bonds. The molecule has 2 atom stereocenters. The summed E-state index contributed by atoms with van der Waals surface area (Å²) in [6, 6.07) is 11.0. The average molecular weight is 475 g/mol. The lowest BCUT2D eigenvalue weighted by Gasteiger charge is -2.40. The first-order chi connectivity index (χ1) is 16.0. The van der Waals surface area contributed by atoms with Gasteiger partial charge in [-0.3, -0.25) is 4.79 Å². The fraction of sp³-hybridized carbons (Fsp3) is 0.519. The van der Waals surface area contributed by atoms with Gasteiger partial charge < -0.3 is 20.5 Å². The Hall–Kier alpha value is -2.35. The molecule has 34 heavy (non-hydrogen) atoms. The first kappa shape index (κ1) is 26.3. The molecule has 0 saturated carbocycles. The molecule has 3 N–H and O–H groups in total. The molecule has 186 valence electrons. The lowest BCUT2D eigenvalue weighted by Crippen LogP contribution is -2.54. The Bertz CT molecular complexity index is 964. The molecule has 0 unspecified atom stereocenters. The van der Waals surface area contributed by atoms with Crippen molar-refractivity contribution in [2.45, 2.75) is 70.1 Å². The maximum atomic E-state index is 13.7. The third kappa shape index (κ3) is 6.84. The van der Waals surface area contributed by atoms with Crippen LogP contribution < -0.4 is 10.6 Å².